The Balaban J connectivity index is 1.39. The van der Waals surface area contributed by atoms with Crippen molar-refractivity contribution in [1.29, 1.82) is 0 Å². The fraction of sp³-hybridized carbons (Fsp3) is 0.458. The second-order valence-corrected chi connectivity index (χ2v) is 12.9. The molecule has 0 spiro atoms. The van der Waals surface area contributed by atoms with Gasteiger partial charge in [-0.05, 0) is 60.4 Å². The van der Waals surface area contributed by atoms with Gasteiger partial charge in [-0.1, -0.05) is 17.7 Å². The van der Waals surface area contributed by atoms with Crippen LogP contribution in [0.1, 0.15) is 30.4 Å². The number of anilines is 1. The maximum absolute atomic E-state index is 13.6. The van der Waals surface area contributed by atoms with Crippen molar-refractivity contribution in [1.82, 2.24) is 19.2 Å². The zero-order valence-electron chi connectivity index (χ0n) is 19.8. The van der Waals surface area contributed by atoms with Gasteiger partial charge in [-0.25, -0.2) is 4.98 Å². The van der Waals surface area contributed by atoms with Crippen LogP contribution in [-0.2, 0) is 10.0 Å². The average molecular weight is 517 g/mol. The van der Waals surface area contributed by atoms with E-state index in [0.717, 1.165) is 37.2 Å². The van der Waals surface area contributed by atoms with Crippen LogP contribution in [-0.4, -0.2) is 66.8 Å². The molecule has 1 saturated carbocycles. The summed E-state index contributed by atoms with van der Waals surface area (Å²) in [6, 6.07) is 6.44. The highest BCUT2D eigenvalue weighted by atomic mass is 32.2. The summed E-state index contributed by atoms with van der Waals surface area (Å²) >= 11 is 2.05. The first-order chi connectivity index (χ1) is 16.7. The smallest absolute Gasteiger partial charge is 0.434 e. The van der Waals surface area contributed by atoms with Gasteiger partial charge in [0.25, 0.3) is 5.82 Å². The number of fused-ring (bicyclic) bond motifs is 1. The third-order valence-corrected chi connectivity index (χ3v) is 10.9. The number of thioether (sulfide) groups is 1. The Bertz CT molecular complexity index is 1260. The number of aromatic nitrogens is 2. The van der Waals surface area contributed by atoms with E-state index in [1.54, 1.807) is 12.1 Å². The van der Waals surface area contributed by atoms with Gasteiger partial charge in [0.05, 0.1) is 0 Å². The molecule has 186 valence electrons. The van der Waals surface area contributed by atoms with Gasteiger partial charge in [-0.3, -0.25) is 0 Å². The van der Waals surface area contributed by atoms with Crippen molar-refractivity contribution in [2.24, 2.45) is 5.92 Å². The first kappa shape index (κ1) is 24.2. The highest BCUT2D eigenvalue weighted by Crippen LogP contribution is 2.45. The molecule has 0 bridgehead atoms. The van der Waals surface area contributed by atoms with Crippen LogP contribution in [0.5, 0.6) is 0 Å². The zero-order valence-corrected chi connectivity index (χ0v) is 21.4. The topological polar surface area (TPSA) is 112 Å². The van der Waals surface area contributed by atoms with Crippen molar-refractivity contribution < 1.29 is 18.3 Å². The van der Waals surface area contributed by atoms with E-state index in [9.17, 15) is 18.3 Å². The van der Waals surface area contributed by atoms with E-state index in [0.29, 0.717) is 22.5 Å². The van der Waals surface area contributed by atoms with Crippen molar-refractivity contribution in [3.05, 3.63) is 47.9 Å². The first-order valence-corrected chi connectivity index (χ1v) is 14.3. The number of nitrogens with zero attached hydrogens (tertiary/aromatic N) is 4. The number of benzene rings is 1. The molecule has 2 atom stereocenters. The summed E-state index contributed by atoms with van der Waals surface area (Å²) in [6.45, 7) is 4.04. The van der Waals surface area contributed by atoms with Gasteiger partial charge in [-0.2, -0.15) is 30.0 Å². The highest BCUT2D eigenvalue weighted by Gasteiger charge is 2.57. The molecule has 9 nitrogen and oxygen atoms in total. The van der Waals surface area contributed by atoms with Gasteiger partial charge >= 0.3 is 16.1 Å². The number of aryl methyl sites for hydroxylation is 1. The van der Waals surface area contributed by atoms with Crippen LogP contribution in [0.3, 0.4) is 0 Å². The summed E-state index contributed by atoms with van der Waals surface area (Å²) in [5.41, 5.74) is 1.31. The summed E-state index contributed by atoms with van der Waals surface area (Å²) in [4.78, 5) is 23.1. The largest absolute Gasteiger partial charge is 0.541 e. The summed E-state index contributed by atoms with van der Waals surface area (Å²) in [6.07, 6.45) is 5.74. The molecule has 5 rings (SSSR count). The number of amides is 1. The van der Waals surface area contributed by atoms with E-state index in [1.165, 1.54) is 37.2 Å². The summed E-state index contributed by atoms with van der Waals surface area (Å²) < 4.78 is 25.9. The second-order valence-electron chi connectivity index (χ2n) is 9.53. The van der Waals surface area contributed by atoms with Crippen LogP contribution in [0.15, 0.2) is 41.7 Å². The van der Waals surface area contributed by atoms with Gasteiger partial charge in [-0.15, -0.1) is 0 Å². The maximum Gasteiger partial charge on any atom is 0.541 e. The number of hydrogen-bond donors (Lipinski definition) is 2. The van der Waals surface area contributed by atoms with Crippen LogP contribution >= 0.6 is 11.8 Å². The van der Waals surface area contributed by atoms with Gasteiger partial charge in [0.1, 0.15) is 28.8 Å². The number of sulfonamides is 1. The Labute approximate surface area is 209 Å². The number of carbonyl (C=O) groups is 1. The number of carboxylic acid groups (broad SMARTS) is 1. The minimum absolute atomic E-state index is 0.0601. The normalized spacial score (nSPS) is 27.4. The Morgan fingerprint density at radius 2 is 2.00 bits per heavy atom. The third-order valence-electron chi connectivity index (χ3n) is 7.27. The monoisotopic (exact) mass is 516 g/mol. The van der Waals surface area contributed by atoms with Gasteiger partial charge in [0.2, 0.25) is 0 Å². The molecule has 0 radical (unpaired) electrons. The average Bonchev–Trinajstić information content (AvgIpc) is 3.46. The number of hydrogen-bond acceptors (Lipinski definition) is 8. The fourth-order valence-corrected chi connectivity index (χ4v) is 7.97. The second kappa shape index (κ2) is 9.20. The first-order valence-electron chi connectivity index (χ1n) is 11.8. The van der Waals surface area contributed by atoms with Crippen molar-refractivity contribution in [3.63, 3.8) is 0 Å². The molecule has 2 N–H and O–H groups in total. The predicted molar refractivity (Wildman–Crippen MR) is 138 cm³/mol. The van der Waals surface area contributed by atoms with Gasteiger partial charge < -0.3 is 15.3 Å². The van der Waals surface area contributed by atoms with E-state index in [2.05, 4.69) is 15.3 Å². The molecule has 1 amide bonds. The van der Waals surface area contributed by atoms with Gasteiger partial charge in [0, 0.05) is 31.0 Å². The lowest BCUT2D eigenvalue weighted by Gasteiger charge is -2.42. The van der Waals surface area contributed by atoms with E-state index >= 15 is 0 Å². The minimum Gasteiger partial charge on any atom is -0.434 e. The molecule has 3 aliphatic rings. The quantitative estimate of drug-likeness (QED) is 0.534. The Morgan fingerprint density at radius 1 is 1.26 bits per heavy atom. The molecular weight excluding hydrogens is 486 g/mol. The molecule has 1 aliphatic carbocycles. The van der Waals surface area contributed by atoms with Gasteiger partial charge in [0.15, 0.2) is 0 Å². The highest BCUT2D eigenvalue weighted by molar-refractivity contribution is 7.99. The number of quaternary nitrogens is 1. The zero-order chi connectivity index (χ0) is 24.8. The summed E-state index contributed by atoms with van der Waals surface area (Å²) in [5, 5.41) is 14.3. The summed E-state index contributed by atoms with van der Waals surface area (Å²) in [7, 11) is -2.44. The number of nitrogens with one attached hydrogen (secondary N) is 1. The Kier molecular flexibility index (Phi) is 6.37. The van der Waals surface area contributed by atoms with Crippen molar-refractivity contribution in [2.45, 2.75) is 42.4 Å². The maximum atomic E-state index is 13.6. The lowest BCUT2D eigenvalue weighted by Crippen LogP contribution is -2.52. The molecular formula is C24H30N5O4S2+. The Morgan fingerprint density at radius 3 is 2.66 bits per heavy atom. The summed E-state index contributed by atoms with van der Waals surface area (Å²) in [5.74, 6) is 2.29. The molecule has 11 heteroatoms. The van der Waals surface area contributed by atoms with E-state index in [1.807, 2.05) is 30.6 Å². The van der Waals surface area contributed by atoms with Crippen molar-refractivity contribution in [3.8, 4) is 0 Å². The van der Waals surface area contributed by atoms with E-state index in [4.69, 9.17) is 0 Å². The van der Waals surface area contributed by atoms with Crippen molar-refractivity contribution in [2.75, 3.05) is 30.8 Å². The Hall–Kier alpha value is -2.47. The van der Waals surface area contributed by atoms with Crippen LogP contribution < -0.4 is 14.1 Å². The van der Waals surface area contributed by atoms with Crippen molar-refractivity contribution >= 4 is 45.6 Å². The minimum atomic E-state index is -4.37. The molecule has 2 unspecified atom stereocenters. The molecule has 2 fully saturated rings. The molecule has 2 aliphatic heterocycles. The van der Waals surface area contributed by atoms with E-state index < -0.39 is 20.0 Å². The third kappa shape index (κ3) is 4.04. The lowest BCUT2D eigenvalue weighted by atomic mass is 9.80. The fourth-order valence-electron chi connectivity index (χ4n) is 5.02. The van der Waals surface area contributed by atoms with Crippen LogP contribution in [0.4, 0.5) is 16.4 Å². The van der Waals surface area contributed by atoms with Crippen LogP contribution in [0.2, 0.25) is 0 Å². The standard InChI is InChI=1S/C24H29N5O4S2/c1-16-3-5-20(6-4-16)35(32,33)29(24(30)31)10-8-21-22(26-15-27-23(21)29)28(2)18-11-17(12-18)14-34-19-7-9-25-13-19/h3-6,8,10,15,17-19,25H,7,9,11-14H2,1-2H3/p+1. The van der Waals surface area contributed by atoms with E-state index in [-0.39, 0.29) is 16.8 Å². The number of rotatable bonds is 7. The molecule has 1 aromatic heterocycles. The lowest BCUT2D eigenvalue weighted by molar-refractivity contribution is 0.182. The molecule has 1 aromatic carbocycles. The molecule has 1 saturated heterocycles. The molecule has 2 aromatic rings. The molecule has 3 heterocycles. The van der Waals surface area contributed by atoms with Crippen LogP contribution in [0, 0.1) is 12.8 Å². The predicted octanol–water partition coefficient (Wildman–Crippen LogP) is 3.45. The SMILES string of the molecule is Cc1ccc(S(=O)(=O)[N+]2(C(=O)O)C=Cc3c(N(C)C4CC(CSC5CCNC5)C4)ncnc32)cc1. The molecule has 35 heavy (non-hydrogen) atoms. The van der Waals surface area contributed by atoms with Crippen LogP contribution in [0.25, 0.3) is 6.08 Å².